The summed E-state index contributed by atoms with van der Waals surface area (Å²) in [6.07, 6.45) is 4.40. The van der Waals surface area contributed by atoms with Crippen molar-refractivity contribution in [1.29, 1.82) is 0 Å². The predicted octanol–water partition coefficient (Wildman–Crippen LogP) is 0.643. The van der Waals surface area contributed by atoms with Crippen molar-refractivity contribution < 1.29 is 4.79 Å². The fourth-order valence-electron chi connectivity index (χ4n) is 3.98. The second kappa shape index (κ2) is 6.33. The summed E-state index contributed by atoms with van der Waals surface area (Å²) in [7, 11) is 2.10. The molecule has 1 saturated carbocycles. The third-order valence-corrected chi connectivity index (χ3v) is 5.75. The van der Waals surface area contributed by atoms with Crippen molar-refractivity contribution in [2.24, 2.45) is 17.6 Å². The summed E-state index contributed by atoms with van der Waals surface area (Å²) in [4.78, 5) is 23.7. The van der Waals surface area contributed by atoms with Gasteiger partial charge in [-0.15, -0.1) is 0 Å². The normalized spacial score (nSPS) is 28.4. The average Bonchev–Trinajstić information content (AvgIpc) is 3.37. The highest BCUT2D eigenvalue weighted by Gasteiger charge is 2.41. The molecule has 2 atom stereocenters. The number of likely N-dealkylation sites (N-methyl/N-ethyl adjacent to an activating group) is 1. The largest absolute Gasteiger partial charge is 0.355 e. The number of carbonyl (C=O) groups is 1. The first-order valence-electron chi connectivity index (χ1n) is 9.06. The Labute approximate surface area is 143 Å². The molecule has 6 heteroatoms. The van der Waals surface area contributed by atoms with Gasteiger partial charge in [0.1, 0.15) is 5.82 Å². The standard InChI is InChI=1S/C18H27N5O/c1-21-6-8-22(9-7-21)18(24)14-4-5-20-17(10-14)23-11-15(13-2-3-13)16(19)12-23/h4-5,10,13,15-16H,2-3,6-9,11-12,19H2,1H3/t15-,16+/m1/s1. The molecular weight excluding hydrogens is 302 g/mol. The van der Waals surface area contributed by atoms with Crippen molar-refractivity contribution >= 4 is 11.7 Å². The van der Waals surface area contributed by atoms with Crippen LogP contribution in [0.4, 0.5) is 5.82 Å². The minimum Gasteiger partial charge on any atom is -0.355 e. The van der Waals surface area contributed by atoms with Gasteiger partial charge in [0.25, 0.3) is 5.91 Å². The first-order chi connectivity index (χ1) is 11.6. The number of aromatic nitrogens is 1. The maximum atomic E-state index is 12.8. The highest BCUT2D eigenvalue weighted by Crippen LogP contribution is 2.41. The van der Waals surface area contributed by atoms with Gasteiger partial charge in [-0.05, 0) is 43.9 Å². The molecule has 3 heterocycles. The molecular formula is C18H27N5O. The van der Waals surface area contributed by atoms with E-state index < -0.39 is 0 Å². The predicted molar refractivity (Wildman–Crippen MR) is 94.0 cm³/mol. The molecule has 130 valence electrons. The Balaban J connectivity index is 1.46. The van der Waals surface area contributed by atoms with Crippen LogP contribution in [0.15, 0.2) is 18.3 Å². The smallest absolute Gasteiger partial charge is 0.254 e. The number of carbonyl (C=O) groups excluding carboxylic acids is 1. The number of rotatable bonds is 3. The highest BCUT2D eigenvalue weighted by molar-refractivity contribution is 5.95. The molecule has 1 aromatic rings. The SMILES string of the molecule is CN1CCN(C(=O)c2ccnc(N3C[C@H](C4CC4)[C@@H](N)C3)c2)CC1. The zero-order valence-electron chi connectivity index (χ0n) is 14.4. The summed E-state index contributed by atoms with van der Waals surface area (Å²) >= 11 is 0. The van der Waals surface area contributed by atoms with E-state index in [1.807, 2.05) is 17.0 Å². The van der Waals surface area contributed by atoms with Crippen molar-refractivity contribution in [2.45, 2.75) is 18.9 Å². The third kappa shape index (κ3) is 3.13. The van der Waals surface area contributed by atoms with Crippen LogP contribution in [-0.2, 0) is 0 Å². The zero-order valence-corrected chi connectivity index (χ0v) is 14.4. The number of pyridine rings is 1. The van der Waals surface area contributed by atoms with E-state index in [0.717, 1.165) is 56.6 Å². The minimum atomic E-state index is 0.119. The molecule has 0 spiro atoms. The van der Waals surface area contributed by atoms with Gasteiger partial charge >= 0.3 is 0 Å². The van der Waals surface area contributed by atoms with Crippen LogP contribution in [0.1, 0.15) is 23.2 Å². The second-order valence-electron chi connectivity index (χ2n) is 7.57. The molecule has 3 fully saturated rings. The molecule has 0 unspecified atom stereocenters. The van der Waals surface area contributed by atoms with E-state index in [2.05, 4.69) is 21.8 Å². The molecule has 1 aliphatic carbocycles. The van der Waals surface area contributed by atoms with Gasteiger partial charge in [0.2, 0.25) is 0 Å². The molecule has 0 aromatic carbocycles. The van der Waals surface area contributed by atoms with Crippen LogP contribution in [0.3, 0.4) is 0 Å². The zero-order chi connectivity index (χ0) is 16.7. The van der Waals surface area contributed by atoms with Crippen LogP contribution in [-0.4, -0.2) is 73.0 Å². The maximum absolute atomic E-state index is 12.8. The Morgan fingerprint density at radius 3 is 2.67 bits per heavy atom. The molecule has 0 radical (unpaired) electrons. The summed E-state index contributed by atoms with van der Waals surface area (Å²) in [5.41, 5.74) is 7.07. The van der Waals surface area contributed by atoms with Crippen LogP contribution in [0.25, 0.3) is 0 Å². The highest BCUT2D eigenvalue weighted by atomic mass is 16.2. The van der Waals surface area contributed by atoms with E-state index in [1.165, 1.54) is 12.8 Å². The Kier molecular flexibility index (Phi) is 4.18. The molecule has 4 rings (SSSR count). The van der Waals surface area contributed by atoms with Crippen molar-refractivity contribution in [3.63, 3.8) is 0 Å². The number of nitrogens with two attached hydrogens (primary N) is 1. The van der Waals surface area contributed by atoms with E-state index in [9.17, 15) is 4.79 Å². The minimum absolute atomic E-state index is 0.119. The fraction of sp³-hybridized carbons (Fsp3) is 0.667. The molecule has 2 saturated heterocycles. The molecule has 6 nitrogen and oxygen atoms in total. The molecule has 1 amide bonds. The first kappa shape index (κ1) is 15.8. The van der Waals surface area contributed by atoms with Crippen molar-refractivity contribution in [3.8, 4) is 0 Å². The maximum Gasteiger partial charge on any atom is 0.254 e. The number of hydrogen-bond donors (Lipinski definition) is 1. The van der Waals surface area contributed by atoms with Crippen LogP contribution >= 0.6 is 0 Å². The lowest BCUT2D eigenvalue weighted by molar-refractivity contribution is 0.0664. The summed E-state index contributed by atoms with van der Waals surface area (Å²) in [5.74, 6) is 2.41. The van der Waals surface area contributed by atoms with Crippen molar-refractivity contribution in [3.05, 3.63) is 23.9 Å². The molecule has 24 heavy (non-hydrogen) atoms. The van der Waals surface area contributed by atoms with Crippen LogP contribution in [0, 0.1) is 11.8 Å². The van der Waals surface area contributed by atoms with Gasteiger partial charge in [-0.1, -0.05) is 0 Å². The Bertz CT molecular complexity index is 609. The monoisotopic (exact) mass is 329 g/mol. The van der Waals surface area contributed by atoms with E-state index in [1.54, 1.807) is 6.20 Å². The van der Waals surface area contributed by atoms with E-state index in [4.69, 9.17) is 5.73 Å². The molecule has 2 aliphatic heterocycles. The second-order valence-corrected chi connectivity index (χ2v) is 7.57. The quantitative estimate of drug-likeness (QED) is 0.882. The average molecular weight is 329 g/mol. The van der Waals surface area contributed by atoms with Gasteiger partial charge in [0.15, 0.2) is 0 Å². The Morgan fingerprint density at radius 2 is 1.96 bits per heavy atom. The van der Waals surface area contributed by atoms with Crippen LogP contribution in [0.2, 0.25) is 0 Å². The van der Waals surface area contributed by atoms with Gasteiger partial charge in [0.05, 0.1) is 0 Å². The lowest BCUT2D eigenvalue weighted by Crippen LogP contribution is -2.47. The number of hydrogen-bond acceptors (Lipinski definition) is 5. The fourth-order valence-corrected chi connectivity index (χ4v) is 3.98. The first-order valence-corrected chi connectivity index (χ1v) is 9.06. The van der Waals surface area contributed by atoms with Crippen LogP contribution in [0.5, 0.6) is 0 Å². The number of piperazine rings is 1. The number of anilines is 1. The number of nitrogens with zero attached hydrogens (tertiary/aromatic N) is 4. The van der Waals surface area contributed by atoms with E-state index >= 15 is 0 Å². The van der Waals surface area contributed by atoms with Crippen LogP contribution < -0.4 is 10.6 Å². The summed E-state index contributed by atoms with van der Waals surface area (Å²) < 4.78 is 0. The molecule has 3 aliphatic rings. The Hall–Kier alpha value is -1.66. The van der Waals surface area contributed by atoms with Crippen molar-refractivity contribution in [2.75, 3.05) is 51.2 Å². The lowest BCUT2D eigenvalue weighted by Gasteiger charge is -2.32. The summed E-state index contributed by atoms with van der Waals surface area (Å²) in [5, 5.41) is 0. The van der Waals surface area contributed by atoms with Gasteiger partial charge < -0.3 is 20.4 Å². The van der Waals surface area contributed by atoms with Gasteiger partial charge in [-0.2, -0.15) is 0 Å². The summed E-state index contributed by atoms with van der Waals surface area (Å²) in [6, 6.07) is 4.01. The third-order valence-electron chi connectivity index (χ3n) is 5.75. The number of amides is 1. The van der Waals surface area contributed by atoms with Gasteiger partial charge in [-0.25, -0.2) is 4.98 Å². The molecule has 2 N–H and O–H groups in total. The van der Waals surface area contributed by atoms with E-state index in [-0.39, 0.29) is 11.9 Å². The molecule has 1 aromatic heterocycles. The topological polar surface area (TPSA) is 65.7 Å². The molecule has 0 bridgehead atoms. The lowest BCUT2D eigenvalue weighted by atomic mass is 9.99. The summed E-state index contributed by atoms with van der Waals surface area (Å²) in [6.45, 7) is 5.30. The Morgan fingerprint density at radius 1 is 1.21 bits per heavy atom. The van der Waals surface area contributed by atoms with Gasteiger partial charge in [-0.3, -0.25) is 4.79 Å². The van der Waals surface area contributed by atoms with E-state index in [0.29, 0.717) is 5.92 Å². The van der Waals surface area contributed by atoms with Crippen molar-refractivity contribution in [1.82, 2.24) is 14.8 Å². The van der Waals surface area contributed by atoms with Gasteiger partial charge in [0, 0.05) is 57.1 Å².